The minimum absolute atomic E-state index is 0.133. The maximum Gasteiger partial charge on any atom is 0.0631 e. The standard InChI is InChI=1S/C13H21NOS/c1-4-13(14)11-5-7-12(8-6-11)16-10(3)9(2)15/h5-10,13,15H,4,14H2,1-3H3/t9?,10?,13-/m1/s1. The Labute approximate surface area is 102 Å². The van der Waals surface area contributed by atoms with Crippen LogP contribution in [0.25, 0.3) is 0 Å². The summed E-state index contributed by atoms with van der Waals surface area (Å²) in [6.45, 7) is 5.93. The molecule has 0 radical (unpaired) electrons. The summed E-state index contributed by atoms with van der Waals surface area (Å²) in [4.78, 5) is 1.18. The molecule has 16 heavy (non-hydrogen) atoms. The molecule has 0 aliphatic heterocycles. The summed E-state index contributed by atoms with van der Waals surface area (Å²) < 4.78 is 0. The summed E-state index contributed by atoms with van der Waals surface area (Å²) in [5.41, 5.74) is 7.12. The Bertz CT molecular complexity index is 310. The first kappa shape index (κ1) is 13.6. The third-order valence-electron chi connectivity index (χ3n) is 2.75. The molecule has 0 aliphatic carbocycles. The van der Waals surface area contributed by atoms with Crippen molar-refractivity contribution in [2.45, 2.75) is 49.5 Å². The molecule has 2 nitrogen and oxygen atoms in total. The summed E-state index contributed by atoms with van der Waals surface area (Å²) in [7, 11) is 0. The van der Waals surface area contributed by atoms with Gasteiger partial charge in [0.25, 0.3) is 0 Å². The lowest BCUT2D eigenvalue weighted by Gasteiger charge is -2.15. The van der Waals surface area contributed by atoms with Crippen LogP contribution in [0.5, 0.6) is 0 Å². The Balaban J connectivity index is 2.64. The lowest BCUT2D eigenvalue weighted by molar-refractivity contribution is 0.196. The van der Waals surface area contributed by atoms with Crippen LogP contribution in [0.3, 0.4) is 0 Å². The molecule has 3 N–H and O–H groups in total. The second-order valence-corrected chi connectivity index (χ2v) is 5.60. The third-order valence-corrected chi connectivity index (χ3v) is 4.06. The van der Waals surface area contributed by atoms with Crippen LogP contribution in [0.15, 0.2) is 29.2 Å². The summed E-state index contributed by atoms with van der Waals surface area (Å²) >= 11 is 1.69. The van der Waals surface area contributed by atoms with Crippen LogP contribution >= 0.6 is 11.8 Å². The molecule has 0 bridgehead atoms. The zero-order valence-electron chi connectivity index (χ0n) is 10.2. The van der Waals surface area contributed by atoms with Crippen molar-refractivity contribution in [3.05, 3.63) is 29.8 Å². The Morgan fingerprint density at radius 1 is 1.25 bits per heavy atom. The fourth-order valence-corrected chi connectivity index (χ4v) is 2.26. The molecule has 2 unspecified atom stereocenters. The van der Waals surface area contributed by atoms with E-state index in [9.17, 15) is 5.11 Å². The van der Waals surface area contributed by atoms with Gasteiger partial charge in [-0.05, 0) is 31.0 Å². The minimum Gasteiger partial charge on any atom is -0.392 e. The molecule has 1 aromatic rings. The zero-order chi connectivity index (χ0) is 12.1. The molecule has 1 rings (SSSR count). The molecule has 0 saturated heterocycles. The van der Waals surface area contributed by atoms with Crippen LogP contribution < -0.4 is 5.73 Å². The van der Waals surface area contributed by atoms with Crippen LogP contribution in [-0.2, 0) is 0 Å². The van der Waals surface area contributed by atoms with Crippen molar-refractivity contribution < 1.29 is 5.11 Å². The van der Waals surface area contributed by atoms with Crippen molar-refractivity contribution in [1.29, 1.82) is 0 Å². The highest BCUT2D eigenvalue weighted by atomic mass is 32.2. The van der Waals surface area contributed by atoms with Gasteiger partial charge in [-0.1, -0.05) is 26.0 Å². The summed E-state index contributed by atoms with van der Waals surface area (Å²) in [6, 6.07) is 8.44. The summed E-state index contributed by atoms with van der Waals surface area (Å²) in [6.07, 6.45) is 0.666. The highest BCUT2D eigenvalue weighted by Gasteiger charge is 2.10. The van der Waals surface area contributed by atoms with Gasteiger partial charge in [0.2, 0.25) is 0 Å². The van der Waals surface area contributed by atoms with Gasteiger partial charge in [-0.2, -0.15) is 0 Å². The molecule has 0 spiro atoms. The van der Waals surface area contributed by atoms with Crippen molar-refractivity contribution in [3.8, 4) is 0 Å². The molecule has 0 heterocycles. The molecule has 0 saturated carbocycles. The van der Waals surface area contributed by atoms with Crippen LogP contribution in [0.4, 0.5) is 0 Å². The molecular weight excluding hydrogens is 218 g/mol. The molecular formula is C13H21NOS. The molecule has 0 aliphatic rings. The van der Waals surface area contributed by atoms with Crippen LogP contribution in [0, 0.1) is 0 Å². The maximum atomic E-state index is 9.42. The summed E-state index contributed by atoms with van der Waals surface area (Å²) in [5.74, 6) is 0. The number of nitrogens with two attached hydrogens (primary N) is 1. The minimum atomic E-state index is -0.289. The van der Waals surface area contributed by atoms with E-state index in [0.29, 0.717) is 0 Å². The highest BCUT2D eigenvalue weighted by molar-refractivity contribution is 8.00. The summed E-state index contributed by atoms with van der Waals surface area (Å²) in [5, 5.41) is 9.64. The normalized spacial score (nSPS) is 16.8. The first-order valence-corrected chi connectivity index (χ1v) is 6.62. The van der Waals surface area contributed by atoms with Crippen LogP contribution in [0.2, 0.25) is 0 Å². The van der Waals surface area contributed by atoms with E-state index >= 15 is 0 Å². The van der Waals surface area contributed by atoms with Crippen molar-refractivity contribution in [3.63, 3.8) is 0 Å². The lowest BCUT2D eigenvalue weighted by Crippen LogP contribution is -2.14. The van der Waals surface area contributed by atoms with Crippen molar-refractivity contribution in [2.24, 2.45) is 5.73 Å². The van der Waals surface area contributed by atoms with Gasteiger partial charge in [-0.25, -0.2) is 0 Å². The highest BCUT2D eigenvalue weighted by Crippen LogP contribution is 2.26. The van der Waals surface area contributed by atoms with Crippen LogP contribution in [0.1, 0.15) is 38.8 Å². The Kier molecular flexibility index (Phi) is 5.32. The first-order valence-electron chi connectivity index (χ1n) is 5.74. The fraction of sp³-hybridized carbons (Fsp3) is 0.538. The second kappa shape index (κ2) is 6.28. The van der Waals surface area contributed by atoms with Gasteiger partial charge in [-0.15, -0.1) is 11.8 Å². The fourth-order valence-electron chi connectivity index (χ4n) is 1.34. The van der Waals surface area contributed by atoms with Gasteiger partial charge in [0, 0.05) is 16.2 Å². The number of thioether (sulfide) groups is 1. The number of hydrogen-bond acceptors (Lipinski definition) is 3. The first-order chi connectivity index (χ1) is 7.54. The van der Waals surface area contributed by atoms with E-state index in [1.54, 1.807) is 11.8 Å². The van der Waals surface area contributed by atoms with Gasteiger partial charge in [0.15, 0.2) is 0 Å². The molecule has 3 atom stereocenters. The lowest BCUT2D eigenvalue weighted by atomic mass is 10.1. The van der Waals surface area contributed by atoms with Crippen molar-refractivity contribution >= 4 is 11.8 Å². The van der Waals surface area contributed by atoms with E-state index in [2.05, 4.69) is 31.2 Å². The van der Waals surface area contributed by atoms with Crippen LogP contribution in [-0.4, -0.2) is 16.5 Å². The largest absolute Gasteiger partial charge is 0.392 e. The van der Waals surface area contributed by atoms with E-state index in [1.165, 1.54) is 10.5 Å². The topological polar surface area (TPSA) is 46.2 Å². The monoisotopic (exact) mass is 239 g/mol. The number of aliphatic hydroxyl groups is 1. The second-order valence-electron chi connectivity index (χ2n) is 4.15. The predicted molar refractivity (Wildman–Crippen MR) is 70.7 cm³/mol. The Hall–Kier alpha value is -0.510. The number of aliphatic hydroxyl groups excluding tert-OH is 1. The van der Waals surface area contributed by atoms with Gasteiger partial charge in [0.05, 0.1) is 6.10 Å². The zero-order valence-corrected chi connectivity index (χ0v) is 11.0. The maximum absolute atomic E-state index is 9.42. The SMILES string of the molecule is CC[C@@H](N)c1ccc(SC(C)C(C)O)cc1. The van der Waals surface area contributed by atoms with Crippen molar-refractivity contribution in [2.75, 3.05) is 0 Å². The van der Waals surface area contributed by atoms with Gasteiger partial charge in [-0.3, -0.25) is 0 Å². The molecule has 90 valence electrons. The molecule has 0 fully saturated rings. The Morgan fingerprint density at radius 2 is 1.81 bits per heavy atom. The average molecular weight is 239 g/mol. The van der Waals surface area contributed by atoms with Crippen molar-refractivity contribution in [1.82, 2.24) is 0 Å². The van der Waals surface area contributed by atoms with E-state index in [1.807, 2.05) is 13.8 Å². The van der Waals surface area contributed by atoms with E-state index in [4.69, 9.17) is 5.73 Å². The Morgan fingerprint density at radius 3 is 2.25 bits per heavy atom. The molecule has 3 heteroatoms. The van der Waals surface area contributed by atoms with E-state index in [-0.39, 0.29) is 17.4 Å². The smallest absolute Gasteiger partial charge is 0.0631 e. The van der Waals surface area contributed by atoms with E-state index in [0.717, 1.165) is 6.42 Å². The van der Waals surface area contributed by atoms with Gasteiger partial charge in [0.1, 0.15) is 0 Å². The number of benzene rings is 1. The molecule has 0 amide bonds. The third kappa shape index (κ3) is 3.81. The van der Waals surface area contributed by atoms with Gasteiger partial charge < -0.3 is 10.8 Å². The van der Waals surface area contributed by atoms with E-state index < -0.39 is 0 Å². The molecule has 0 aromatic heterocycles. The number of rotatable bonds is 5. The molecule has 1 aromatic carbocycles. The van der Waals surface area contributed by atoms with Gasteiger partial charge >= 0.3 is 0 Å². The quantitative estimate of drug-likeness (QED) is 0.777. The predicted octanol–water partition coefficient (Wildman–Crippen LogP) is 2.96. The number of hydrogen-bond donors (Lipinski definition) is 2. The average Bonchev–Trinajstić information content (AvgIpc) is 2.28.